The van der Waals surface area contributed by atoms with Crippen LogP contribution in [-0.4, -0.2) is 39.4 Å². The Balaban J connectivity index is 2.66. The molecule has 0 aromatic carbocycles. The lowest BCUT2D eigenvalue weighted by Gasteiger charge is -2.29. The fourth-order valence-electron chi connectivity index (χ4n) is 2.57. The third-order valence-corrected chi connectivity index (χ3v) is 4.18. The van der Waals surface area contributed by atoms with Crippen LogP contribution in [0.25, 0.3) is 5.82 Å². The van der Waals surface area contributed by atoms with Gasteiger partial charge in [-0.2, -0.15) is 19.1 Å². The van der Waals surface area contributed by atoms with Gasteiger partial charge in [0.05, 0.1) is 11.8 Å². The number of rotatable bonds is 8. The highest BCUT2D eigenvalue weighted by molar-refractivity contribution is 9.10. The van der Waals surface area contributed by atoms with Crippen LogP contribution in [-0.2, 0) is 22.3 Å². The van der Waals surface area contributed by atoms with Crippen LogP contribution >= 0.6 is 15.9 Å². The Kier molecular flexibility index (Phi) is 6.33. The van der Waals surface area contributed by atoms with Crippen LogP contribution in [0.2, 0.25) is 0 Å². The van der Waals surface area contributed by atoms with Gasteiger partial charge in [0.15, 0.2) is 5.82 Å². The largest absolute Gasteiger partial charge is 0.416 e. The summed E-state index contributed by atoms with van der Waals surface area (Å²) in [5.74, 6) is -1.30. The van der Waals surface area contributed by atoms with Crippen LogP contribution in [0.3, 0.4) is 0 Å². The van der Waals surface area contributed by atoms with E-state index >= 15 is 0 Å². The van der Waals surface area contributed by atoms with Crippen molar-refractivity contribution in [3.05, 3.63) is 21.9 Å². The number of hydrogen-bond acceptors (Lipinski definition) is 6. The minimum atomic E-state index is -3.02. The van der Waals surface area contributed by atoms with Crippen LogP contribution in [0.1, 0.15) is 32.0 Å². The summed E-state index contributed by atoms with van der Waals surface area (Å²) < 4.78 is 43.8. The van der Waals surface area contributed by atoms with Crippen molar-refractivity contribution < 1.29 is 23.0 Å². The molecule has 0 saturated carbocycles. The molecule has 2 aromatic rings. The van der Waals surface area contributed by atoms with Crippen molar-refractivity contribution in [2.24, 2.45) is 7.05 Å². The highest BCUT2D eigenvalue weighted by atomic mass is 79.9. The summed E-state index contributed by atoms with van der Waals surface area (Å²) in [4.78, 5) is 0. The molecule has 0 atom stereocenters. The summed E-state index contributed by atoms with van der Waals surface area (Å²) in [6, 6.07) is 2.04. The van der Waals surface area contributed by atoms with Crippen LogP contribution in [0.4, 0.5) is 8.78 Å². The van der Waals surface area contributed by atoms with Gasteiger partial charge in [0.25, 0.3) is 0 Å². The normalized spacial score (nSPS) is 11.8. The quantitative estimate of drug-likeness (QED) is 0.594. The van der Waals surface area contributed by atoms with Crippen molar-refractivity contribution in [2.75, 3.05) is 13.2 Å². The zero-order valence-electron chi connectivity index (χ0n) is 14.7. The summed E-state index contributed by atoms with van der Waals surface area (Å²) in [7, 11) is 1.45. The van der Waals surface area contributed by atoms with Gasteiger partial charge in [-0.1, -0.05) is 0 Å². The molecule has 0 fully saturated rings. The second-order valence-corrected chi connectivity index (χ2v) is 5.98. The number of aromatic nitrogens is 4. The van der Waals surface area contributed by atoms with Crippen molar-refractivity contribution in [3.8, 4) is 17.8 Å². The first-order valence-electron chi connectivity index (χ1n) is 7.73. The lowest BCUT2D eigenvalue weighted by Crippen LogP contribution is -2.33. The molecule has 0 N–H and O–H groups in total. The maximum Gasteiger partial charge on any atom is 0.388 e. The maximum absolute atomic E-state index is 12.6. The maximum atomic E-state index is 12.6. The average Bonchev–Trinajstić information content (AvgIpc) is 3.11. The Labute approximate surface area is 157 Å². The molecule has 8 nitrogen and oxygen atoms in total. The molecule has 0 radical (unpaired) electrons. The number of hydrogen-bond donors (Lipinski definition) is 0. The van der Waals surface area contributed by atoms with Gasteiger partial charge in [-0.15, -0.1) is 5.10 Å². The van der Waals surface area contributed by atoms with E-state index in [2.05, 4.69) is 30.9 Å². The van der Waals surface area contributed by atoms with Gasteiger partial charge in [0, 0.05) is 20.3 Å². The lowest BCUT2D eigenvalue weighted by atomic mass is 10.1. The Bertz CT molecular complexity index is 809. The Morgan fingerprint density at radius 2 is 1.96 bits per heavy atom. The molecule has 2 aromatic heterocycles. The lowest BCUT2D eigenvalue weighted by molar-refractivity contribution is -0.233. The number of ether oxygens (including phenoxy) is 3. The van der Waals surface area contributed by atoms with Gasteiger partial charge in [0.2, 0.25) is 11.7 Å². The molecule has 2 heterocycles. The minimum Gasteiger partial charge on any atom is -0.416 e. The predicted octanol–water partition coefficient (Wildman–Crippen LogP) is 3.09. The molecule has 0 aliphatic rings. The SMILES string of the molecule is CCOC(C)(OCC)c1c(C#N)cnn1-c1nn(C)c(OC(F)F)c1Br. The van der Waals surface area contributed by atoms with Crippen molar-refractivity contribution in [1.29, 1.82) is 5.26 Å². The molecule has 142 valence electrons. The van der Waals surface area contributed by atoms with E-state index in [0.717, 1.165) is 4.68 Å². The number of aryl methyl sites for hydroxylation is 1. The molecular weight excluding hydrogens is 416 g/mol. The predicted molar refractivity (Wildman–Crippen MR) is 90.0 cm³/mol. The molecule has 11 heteroatoms. The molecule has 2 rings (SSSR count). The molecule has 0 bridgehead atoms. The van der Waals surface area contributed by atoms with E-state index in [0.29, 0.717) is 18.9 Å². The van der Waals surface area contributed by atoms with E-state index in [1.165, 1.54) is 17.9 Å². The van der Waals surface area contributed by atoms with E-state index in [1.54, 1.807) is 20.8 Å². The van der Waals surface area contributed by atoms with Crippen molar-refractivity contribution in [1.82, 2.24) is 19.6 Å². The first-order valence-corrected chi connectivity index (χ1v) is 8.52. The number of nitrogens with zero attached hydrogens (tertiary/aromatic N) is 5. The molecule has 0 amide bonds. The Morgan fingerprint density at radius 1 is 1.35 bits per heavy atom. The first-order chi connectivity index (χ1) is 12.3. The van der Waals surface area contributed by atoms with Gasteiger partial charge in [-0.25, -0.2) is 9.36 Å². The second kappa shape index (κ2) is 8.11. The molecular formula is C15H18BrF2N5O3. The second-order valence-electron chi connectivity index (χ2n) is 5.19. The summed E-state index contributed by atoms with van der Waals surface area (Å²) in [6.45, 7) is 2.84. The van der Waals surface area contributed by atoms with Gasteiger partial charge in [-0.05, 0) is 36.7 Å². The fourth-order valence-corrected chi connectivity index (χ4v) is 3.17. The summed E-state index contributed by atoms with van der Waals surface area (Å²) in [6.07, 6.45) is 1.33. The van der Waals surface area contributed by atoms with Gasteiger partial charge < -0.3 is 14.2 Å². The topological polar surface area (TPSA) is 87.1 Å². The van der Waals surface area contributed by atoms with Gasteiger partial charge in [0.1, 0.15) is 16.2 Å². The third-order valence-electron chi connectivity index (χ3n) is 3.48. The number of nitriles is 1. The molecule has 0 spiro atoms. The van der Waals surface area contributed by atoms with E-state index in [9.17, 15) is 14.0 Å². The summed E-state index contributed by atoms with van der Waals surface area (Å²) in [5.41, 5.74) is 0.509. The molecule has 0 unspecified atom stereocenters. The molecule has 0 aliphatic heterocycles. The molecule has 0 saturated heterocycles. The minimum absolute atomic E-state index is 0.157. The van der Waals surface area contributed by atoms with E-state index in [4.69, 9.17) is 9.47 Å². The van der Waals surface area contributed by atoms with Gasteiger partial charge in [-0.3, -0.25) is 0 Å². The summed E-state index contributed by atoms with van der Waals surface area (Å²) in [5, 5.41) is 17.8. The van der Waals surface area contributed by atoms with E-state index in [1.807, 2.05) is 6.07 Å². The zero-order chi connectivity index (χ0) is 19.5. The Hall–Kier alpha value is -2.03. The average molecular weight is 434 g/mol. The summed E-state index contributed by atoms with van der Waals surface area (Å²) >= 11 is 3.21. The van der Waals surface area contributed by atoms with E-state index < -0.39 is 12.4 Å². The van der Waals surface area contributed by atoms with E-state index in [-0.39, 0.29) is 21.7 Å². The monoisotopic (exact) mass is 433 g/mol. The van der Waals surface area contributed by atoms with Gasteiger partial charge >= 0.3 is 6.61 Å². The number of alkyl halides is 2. The van der Waals surface area contributed by atoms with Crippen LogP contribution < -0.4 is 4.74 Å². The van der Waals surface area contributed by atoms with Crippen molar-refractivity contribution in [2.45, 2.75) is 33.2 Å². The standard InChI is InChI=1S/C15H18BrF2N5O3/c1-5-24-15(3,25-6-2)11-9(7-19)8-20-23(11)12-10(16)13(22(4)21-12)26-14(17)18/h8,14H,5-6H2,1-4H3. The van der Waals surface area contributed by atoms with Crippen molar-refractivity contribution >= 4 is 15.9 Å². The molecule has 26 heavy (non-hydrogen) atoms. The Morgan fingerprint density at radius 3 is 2.46 bits per heavy atom. The first kappa shape index (κ1) is 20.3. The number of halogens is 3. The highest BCUT2D eigenvalue weighted by Gasteiger charge is 2.37. The molecule has 0 aliphatic carbocycles. The smallest absolute Gasteiger partial charge is 0.388 e. The fraction of sp³-hybridized carbons (Fsp3) is 0.533. The zero-order valence-corrected chi connectivity index (χ0v) is 16.2. The van der Waals surface area contributed by atoms with Crippen molar-refractivity contribution in [3.63, 3.8) is 0 Å². The highest BCUT2D eigenvalue weighted by Crippen LogP contribution is 2.36. The van der Waals surface area contributed by atoms with Crippen LogP contribution in [0.15, 0.2) is 10.7 Å². The van der Waals surface area contributed by atoms with Crippen LogP contribution in [0, 0.1) is 11.3 Å². The third kappa shape index (κ3) is 3.72. The van der Waals surface area contributed by atoms with Crippen LogP contribution in [0.5, 0.6) is 5.88 Å².